The zero-order valence-corrected chi connectivity index (χ0v) is 13.0. The third kappa shape index (κ3) is 1.77. The van der Waals surface area contributed by atoms with E-state index in [9.17, 15) is 14.7 Å². The number of ether oxygens (including phenoxy) is 2. The average molecular weight is 336 g/mol. The van der Waals surface area contributed by atoms with Crippen molar-refractivity contribution in [2.45, 2.75) is 11.7 Å². The molecule has 120 valence electrons. The molecule has 0 aliphatic carbocycles. The molecule has 7 heteroatoms. The van der Waals surface area contributed by atoms with E-state index < -0.39 is 29.4 Å². The molecular formula is C16H14ClNO5. The molecule has 2 saturated heterocycles. The van der Waals surface area contributed by atoms with Gasteiger partial charge >= 0.3 is 0 Å². The highest BCUT2D eigenvalue weighted by atomic mass is 35.5. The monoisotopic (exact) mass is 335 g/mol. The first-order valence-corrected chi connectivity index (χ1v) is 7.59. The minimum Gasteiger partial charge on any atom is -0.495 e. The summed E-state index contributed by atoms with van der Waals surface area (Å²) in [4.78, 5) is 26.9. The zero-order valence-electron chi connectivity index (χ0n) is 12.2. The van der Waals surface area contributed by atoms with Crippen molar-refractivity contribution in [2.24, 2.45) is 11.8 Å². The lowest BCUT2D eigenvalue weighted by Crippen LogP contribution is -2.43. The molecule has 3 heterocycles. The molecule has 0 unspecified atom stereocenters. The molecule has 4 rings (SSSR count). The molecule has 1 aromatic rings. The number of nitrogens with zero attached hydrogens (tertiary/aromatic N) is 1. The van der Waals surface area contributed by atoms with Gasteiger partial charge in [-0.3, -0.25) is 9.59 Å². The molecule has 1 aromatic carbocycles. The Morgan fingerprint density at radius 3 is 2.87 bits per heavy atom. The fraction of sp³-hybridized carbons (Fsp3) is 0.375. The highest BCUT2D eigenvalue weighted by Crippen LogP contribution is 2.53. The second-order valence-corrected chi connectivity index (χ2v) is 6.32. The summed E-state index contributed by atoms with van der Waals surface area (Å²) < 4.78 is 10.9. The van der Waals surface area contributed by atoms with Crippen LogP contribution in [-0.4, -0.2) is 42.3 Å². The van der Waals surface area contributed by atoms with Crippen LogP contribution in [0.15, 0.2) is 30.4 Å². The molecule has 0 aromatic heterocycles. The number of amides is 2. The third-order valence-electron chi connectivity index (χ3n) is 4.78. The summed E-state index contributed by atoms with van der Waals surface area (Å²) in [5.74, 6) is -1.72. The Bertz CT molecular complexity index is 748. The fourth-order valence-corrected chi connectivity index (χ4v) is 3.93. The maximum Gasteiger partial charge on any atom is 0.241 e. The van der Waals surface area contributed by atoms with Gasteiger partial charge in [0, 0.05) is 5.02 Å². The summed E-state index contributed by atoms with van der Waals surface area (Å²) in [6, 6.07) is 4.76. The van der Waals surface area contributed by atoms with Crippen LogP contribution in [0.5, 0.6) is 5.75 Å². The van der Waals surface area contributed by atoms with E-state index in [0.717, 1.165) is 4.90 Å². The third-order valence-corrected chi connectivity index (χ3v) is 5.02. The normalized spacial score (nSPS) is 34.4. The van der Waals surface area contributed by atoms with Gasteiger partial charge in [0.2, 0.25) is 11.8 Å². The van der Waals surface area contributed by atoms with Gasteiger partial charge in [0.15, 0.2) is 0 Å². The van der Waals surface area contributed by atoms with E-state index in [4.69, 9.17) is 21.1 Å². The van der Waals surface area contributed by atoms with Crippen LogP contribution in [-0.2, 0) is 14.3 Å². The van der Waals surface area contributed by atoms with E-state index in [1.165, 1.54) is 13.2 Å². The topological polar surface area (TPSA) is 76.1 Å². The number of hydrogen-bond donors (Lipinski definition) is 1. The first-order valence-electron chi connectivity index (χ1n) is 7.22. The van der Waals surface area contributed by atoms with Gasteiger partial charge in [-0.15, -0.1) is 0 Å². The number of fused-ring (bicyclic) bond motifs is 5. The summed E-state index contributed by atoms with van der Waals surface area (Å²) in [5, 5.41) is 10.1. The second-order valence-electron chi connectivity index (χ2n) is 5.89. The van der Waals surface area contributed by atoms with Crippen LogP contribution < -0.4 is 9.64 Å². The standard InChI is InChI=1S/C16H14ClNO5/c1-22-10-3-2-8(17)6-9(10)18-14(20)12-11-4-5-16(7-19,23-11)13(12)15(18)21/h2-6,11-13,19H,7H2,1H3/t11-,12-,13+,16+/m1/s1. The van der Waals surface area contributed by atoms with Gasteiger partial charge in [0.05, 0.1) is 37.3 Å². The van der Waals surface area contributed by atoms with Gasteiger partial charge in [-0.25, -0.2) is 4.90 Å². The number of hydrogen-bond acceptors (Lipinski definition) is 5. The number of imide groups is 1. The highest BCUT2D eigenvalue weighted by molar-refractivity contribution is 6.31. The van der Waals surface area contributed by atoms with Gasteiger partial charge in [-0.1, -0.05) is 23.8 Å². The van der Waals surface area contributed by atoms with Crippen LogP contribution in [0.25, 0.3) is 0 Å². The molecule has 2 amide bonds. The number of carbonyl (C=O) groups is 2. The van der Waals surface area contributed by atoms with Crippen LogP contribution in [0, 0.1) is 11.8 Å². The van der Waals surface area contributed by atoms with Gasteiger partial charge in [0.1, 0.15) is 11.4 Å². The van der Waals surface area contributed by atoms with Crippen molar-refractivity contribution in [3.8, 4) is 5.75 Å². The summed E-state index contributed by atoms with van der Waals surface area (Å²) in [7, 11) is 1.46. The molecule has 2 bridgehead atoms. The Hall–Kier alpha value is -1.89. The predicted octanol–water partition coefficient (Wildman–Crippen LogP) is 1.15. The van der Waals surface area contributed by atoms with Crippen molar-refractivity contribution in [3.63, 3.8) is 0 Å². The minimum absolute atomic E-state index is 0.317. The molecule has 0 spiro atoms. The largest absolute Gasteiger partial charge is 0.495 e. The van der Waals surface area contributed by atoms with Gasteiger partial charge in [-0.2, -0.15) is 0 Å². The van der Waals surface area contributed by atoms with Gasteiger partial charge in [-0.05, 0) is 18.2 Å². The predicted molar refractivity (Wildman–Crippen MR) is 81.3 cm³/mol. The molecule has 1 N–H and O–H groups in total. The number of aliphatic hydroxyl groups excluding tert-OH is 1. The molecular weight excluding hydrogens is 322 g/mol. The average Bonchev–Trinajstić information content (AvgIpc) is 3.18. The smallest absolute Gasteiger partial charge is 0.241 e. The lowest BCUT2D eigenvalue weighted by atomic mass is 9.77. The van der Waals surface area contributed by atoms with Crippen molar-refractivity contribution in [2.75, 3.05) is 18.6 Å². The van der Waals surface area contributed by atoms with Crippen molar-refractivity contribution in [1.82, 2.24) is 0 Å². The van der Waals surface area contributed by atoms with Gasteiger partial charge < -0.3 is 14.6 Å². The Kier molecular flexibility index (Phi) is 3.07. The van der Waals surface area contributed by atoms with E-state index in [-0.39, 0.29) is 12.5 Å². The number of halogens is 1. The lowest BCUT2D eigenvalue weighted by molar-refractivity contribution is -0.128. The molecule has 23 heavy (non-hydrogen) atoms. The Balaban J connectivity index is 1.81. The Morgan fingerprint density at radius 2 is 2.17 bits per heavy atom. The highest BCUT2D eigenvalue weighted by Gasteiger charge is 2.67. The van der Waals surface area contributed by atoms with E-state index in [1.54, 1.807) is 24.3 Å². The molecule has 0 radical (unpaired) electrons. The first-order chi connectivity index (χ1) is 11.0. The maximum atomic E-state index is 12.9. The van der Waals surface area contributed by atoms with Crippen molar-refractivity contribution in [3.05, 3.63) is 35.4 Å². The fourth-order valence-electron chi connectivity index (χ4n) is 3.76. The summed E-state index contributed by atoms with van der Waals surface area (Å²) in [6.07, 6.45) is 2.93. The van der Waals surface area contributed by atoms with E-state index in [2.05, 4.69) is 0 Å². The van der Waals surface area contributed by atoms with Crippen LogP contribution in [0.2, 0.25) is 5.02 Å². The lowest BCUT2D eigenvalue weighted by Gasteiger charge is -2.26. The van der Waals surface area contributed by atoms with E-state index >= 15 is 0 Å². The number of benzene rings is 1. The maximum absolute atomic E-state index is 12.9. The molecule has 3 aliphatic rings. The molecule has 3 aliphatic heterocycles. The van der Waals surface area contributed by atoms with Crippen LogP contribution in [0.4, 0.5) is 5.69 Å². The number of aliphatic hydroxyl groups is 1. The van der Waals surface area contributed by atoms with Crippen molar-refractivity contribution >= 4 is 29.1 Å². The van der Waals surface area contributed by atoms with E-state index in [1.807, 2.05) is 0 Å². The number of carbonyl (C=O) groups excluding carboxylic acids is 2. The number of anilines is 1. The van der Waals surface area contributed by atoms with Crippen LogP contribution in [0.3, 0.4) is 0 Å². The number of methoxy groups -OCH3 is 1. The Morgan fingerprint density at radius 1 is 1.39 bits per heavy atom. The number of rotatable bonds is 3. The quantitative estimate of drug-likeness (QED) is 0.662. The first kappa shape index (κ1) is 14.7. The Labute approximate surface area is 137 Å². The van der Waals surface area contributed by atoms with Crippen LogP contribution >= 0.6 is 11.6 Å². The summed E-state index contributed by atoms with van der Waals surface area (Å²) in [5.41, 5.74) is -0.792. The zero-order chi connectivity index (χ0) is 16.4. The summed E-state index contributed by atoms with van der Waals surface area (Å²) in [6.45, 7) is -0.347. The van der Waals surface area contributed by atoms with E-state index in [0.29, 0.717) is 16.5 Å². The van der Waals surface area contributed by atoms with Crippen LogP contribution in [0.1, 0.15) is 0 Å². The SMILES string of the molecule is COc1ccc(Cl)cc1N1C(=O)[C@H]2[C@@H](C1=O)[C@@]1(CO)C=C[C@H]2O1. The molecule has 0 saturated carbocycles. The molecule has 6 nitrogen and oxygen atoms in total. The van der Waals surface area contributed by atoms with Crippen molar-refractivity contribution in [1.29, 1.82) is 0 Å². The summed E-state index contributed by atoms with van der Waals surface area (Å²) >= 11 is 6.01. The minimum atomic E-state index is -1.11. The molecule has 4 atom stereocenters. The molecule has 2 fully saturated rings. The van der Waals surface area contributed by atoms with Gasteiger partial charge in [0.25, 0.3) is 0 Å². The second kappa shape index (κ2) is 4.80. The van der Waals surface area contributed by atoms with Crippen molar-refractivity contribution < 1.29 is 24.2 Å².